The summed E-state index contributed by atoms with van der Waals surface area (Å²) in [7, 11) is 0. The zero-order valence-electron chi connectivity index (χ0n) is 11.1. The Hall–Kier alpha value is -2.14. The van der Waals surface area contributed by atoms with E-state index in [-0.39, 0.29) is 5.56 Å². The molecule has 2 heterocycles. The Bertz CT molecular complexity index is 792. The van der Waals surface area contributed by atoms with E-state index in [1.807, 2.05) is 42.6 Å². The van der Waals surface area contributed by atoms with E-state index >= 15 is 0 Å². The number of nitrogens with zero attached hydrogens (tertiary/aromatic N) is 2. The van der Waals surface area contributed by atoms with Gasteiger partial charge in [-0.25, -0.2) is 4.98 Å². The lowest BCUT2D eigenvalue weighted by Gasteiger charge is -2.08. The van der Waals surface area contributed by atoms with Crippen LogP contribution in [0.3, 0.4) is 0 Å². The van der Waals surface area contributed by atoms with E-state index < -0.39 is 0 Å². The van der Waals surface area contributed by atoms with Crippen LogP contribution in [-0.2, 0) is 6.54 Å². The van der Waals surface area contributed by atoms with Crippen molar-refractivity contribution in [2.75, 3.05) is 6.61 Å². The van der Waals surface area contributed by atoms with Gasteiger partial charge in [-0.3, -0.25) is 9.36 Å². The second-order valence-corrected chi connectivity index (χ2v) is 5.44. The summed E-state index contributed by atoms with van der Waals surface area (Å²) < 4.78 is 7.24. The first-order valence-electron chi connectivity index (χ1n) is 6.36. The predicted molar refractivity (Wildman–Crippen MR) is 80.6 cm³/mol. The lowest BCUT2D eigenvalue weighted by molar-refractivity contribution is 0.296. The smallest absolute Gasteiger partial charge is 0.262 e. The van der Waals surface area contributed by atoms with Crippen molar-refractivity contribution >= 4 is 21.6 Å². The second kappa shape index (κ2) is 5.46. The van der Waals surface area contributed by atoms with Crippen molar-refractivity contribution in [3.63, 3.8) is 0 Å². The van der Waals surface area contributed by atoms with Gasteiger partial charge in [0.2, 0.25) is 0 Å². The molecule has 102 valence electrons. The molecule has 20 heavy (non-hydrogen) atoms. The monoisotopic (exact) mass is 286 g/mol. The third-order valence-electron chi connectivity index (χ3n) is 3.04. The second-order valence-electron chi connectivity index (χ2n) is 4.55. The van der Waals surface area contributed by atoms with Gasteiger partial charge in [-0.15, -0.1) is 11.3 Å². The van der Waals surface area contributed by atoms with Crippen molar-refractivity contribution in [1.29, 1.82) is 0 Å². The third-order valence-corrected chi connectivity index (χ3v) is 3.86. The highest BCUT2D eigenvalue weighted by molar-refractivity contribution is 7.16. The van der Waals surface area contributed by atoms with Crippen molar-refractivity contribution in [3.05, 3.63) is 58.0 Å². The van der Waals surface area contributed by atoms with Crippen molar-refractivity contribution < 1.29 is 4.74 Å². The van der Waals surface area contributed by atoms with Crippen LogP contribution in [0.4, 0.5) is 0 Å². The molecular weight excluding hydrogens is 272 g/mol. The fourth-order valence-electron chi connectivity index (χ4n) is 2.02. The molecule has 2 aromatic heterocycles. The van der Waals surface area contributed by atoms with E-state index in [2.05, 4.69) is 4.98 Å². The first-order chi connectivity index (χ1) is 9.74. The summed E-state index contributed by atoms with van der Waals surface area (Å²) >= 11 is 1.48. The topological polar surface area (TPSA) is 44.1 Å². The molecule has 0 aliphatic carbocycles. The fraction of sp³-hybridized carbons (Fsp3) is 0.200. The Morgan fingerprint density at radius 2 is 2.25 bits per heavy atom. The average molecular weight is 286 g/mol. The number of fused-ring (bicyclic) bond motifs is 1. The maximum atomic E-state index is 12.2. The standard InChI is InChI=1S/C15H14N2O2S/c1-11-3-2-4-12(9-11)19-7-6-17-10-16-14-13(15(17)18)5-8-20-14/h2-5,8-10H,6-7H2,1H3. The average Bonchev–Trinajstić information content (AvgIpc) is 2.91. The Kier molecular flexibility index (Phi) is 3.52. The van der Waals surface area contributed by atoms with E-state index in [4.69, 9.17) is 4.74 Å². The molecule has 0 bridgehead atoms. The van der Waals surface area contributed by atoms with Crippen LogP contribution in [0.1, 0.15) is 5.56 Å². The van der Waals surface area contributed by atoms with Gasteiger partial charge in [0, 0.05) is 0 Å². The maximum Gasteiger partial charge on any atom is 0.262 e. The minimum Gasteiger partial charge on any atom is -0.492 e. The van der Waals surface area contributed by atoms with Crippen LogP contribution < -0.4 is 10.3 Å². The number of aryl methyl sites for hydroxylation is 1. The highest BCUT2D eigenvalue weighted by Crippen LogP contribution is 2.14. The molecule has 0 aliphatic heterocycles. The number of hydrogen-bond acceptors (Lipinski definition) is 4. The first kappa shape index (κ1) is 12.9. The molecule has 0 aliphatic rings. The predicted octanol–water partition coefficient (Wildman–Crippen LogP) is 2.85. The van der Waals surface area contributed by atoms with Gasteiger partial charge in [0.05, 0.1) is 18.3 Å². The Morgan fingerprint density at radius 1 is 1.35 bits per heavy atom. The molecule has 0 radical (unpaired) electrons. The van der Waals surface area contributed by atoms with E-state index in [1.54, 1.807) is 10.9 Å². The molecule has 3 rings (SSSR count). The number of ether oxygens (including phenoxy) is 1. The van der Waals surface area contributed by atoms with Gasteiger partial charge in [-0.2, -0.15) is 0 Å². The number of aromatic nitrogens is 2. The molecule has 1 aromatic carbocycles. The van der Waals surface area contributed by atoms with Crippen LogP contribution in [0, 0.1) is 6.92 Å². The molecule has 0 atom stereocenters. The summed E-state index contributed by atoms with van der Waals surface area (Å²) in [5.74, 6) is 0.822. The molecule has 0 unspecified atom stereocenters. The summed E-state index contributed by atoms with van der Waals surface area (Å²) in [5.41, 5.74) is 1.14. The van der Waals surface area contributed by atoms with Crippen molar-refractivity contribution in [2.24, 2.45) is 0 Å². The van der Waals surface area contributed by atoms with E-state index in [0.717, 1.165) is 16.1 Å². The Balaban J connectivity index is 1.71. The van der Waals surface area contributed by atoms with Crippen LogP contribution in [-0.4, -0.2) is 16.2 Å². The number of thiophene rings is 1. The van der Waals surface area contributed by atoms with Gasteiger partial charge in [0.15, 0.2) is 0 Å². The minimum absolute atomic E-state index is 0.0101. The summed E-state index contributed by atoms with van der Waals surface area (Å²) in [6, 6.07) is 9.67. The Morgan fingerprint density at radius 3 is 3.10 bits per heavy atom. The number of benzene rings is 1. The lowest BCUT2D eigenvalue weighted by Crippen LogP contribution is -2.23. The number of hydrogen-bond donors (Lipinski definition) is 0. The number of rotatable bonds is 4. The van der Waals surface area contributed by atoms with Gasteiger partial charge in [0.25, 0.3) is 5.56 Å². The minimum atomic E-state index is -0.0101. The summed E-state index contributed by atoms with van der Waals surface area (Å²) in [5, 5.41) is 2.56. The molecular formula is C15H14N2O2S. The SMILES string of the molecule is Cc1cccc(OCCn2cnc3sccc3c2=O)c1. The van der Waals surface area contributed by atoms with Crippen LogP contribution in [0.5, 0.6) is 5.75 Å². The van der Waals surface area contributed by atoms with Crippen LogP contribution >= 0.6 is 11.3 Å². The van der Waals surface area contributed by atoms with Gasteiger partial charge in [-0.1, -0.05) is 12.1 Å². The van der Waals surface area contributed by atoms with Gasteiger partial charge in [-0.05, 0) is 36.1 Å². The zero-order valence-corrected chi connectivity index (χ0v) is 11.9. The van der Waals surface area contributed by atoms with Crippen LogP contribution in [0.15, 0.2) is 46.8 Å². The quantitative estimate of drug-likeness (QED) is 0.741. The summed E-state index contributed by atoms with van der Waals surface area (Å²) in [6.07, 6.45) is 1.58. The zero-order chi connectivity index (χ0) is 13.9. The van der Waals surface area contributed by atoms with E-state index in [1.165, 1.54) is 11.3 Å². The van der Waals surface area contributed by atoms with Crippen molar-refractivity contribution in [1.82, 2.24) is 9.55 Å². The molecule has 0 amide bonds. The summed E-state index contributed by atoms with van der Waals surface area (Å²) in [6.45, 7) is 2.96. The molecule has 0 N–H and O–H groups in total. The fourth-order valence-corrected chi connectivity index (χ4v) is 2.74. The molecule has 3 aromatic rings. The highest BCUT2D eigenvalue weighted by atomic mass is 32.1. The molecule has 0 saturated heterocycles. The molecule has 0 fully saturated rings. The third kappa shape index (κ3) is 2.58. The van der Waals surface area contributed by atoms with E-state index in [0.29, 0.717) is 18.5 Å². The van der Waals surface area contributed by atoms with Gasteiger partial charge in [0.1, 0.15) is 17.2 Å². The molecule has 4 nitrogen and oxygen atoms in total. The van der Waals surface area contributed by atoms with Crippen LogP contribution in [0.2, 0.25) is 0 Å². The molecule has 0 spiro atoms. The van der Waals surface area contributed by atoms with Crippen molar-refractivity contribution in [3.8, 4) is 5.75 Å². The maximum absolute atomic E-state index is 12.2. The first-order valence-corrected chi connectivity index (χ1v) is 7.24. The lowest BCUT2D eigenvalue weighted by atomic mass is 10.2. The summed E-state index contributed by atoms with van der Waals surface area (Å²) in [4.78, 5) is 17.2. The van der Waals surface area contributed by atoms with E-state index in [9.17, 15) is 4.79 Å². The normalized spacial score (nSPS) is 10.8. The van der Waals surface area contributed by atoms with Gasteiger partial charge >= 0.3 is 0 Å². The molecule has 0 saturated carbocycles. The Labute approximate surface area is 120 Å². The van der Waals surface area contributed by atoms with Gasteiger partial charge < -0.3 is 4.74 Å². The van der Waals surface area contributed by atoms with Crippen LogP contribution in [0.25, 0.3) is 10.2 Å². The highest BCUT2D eigenvalue weighted by Gasteiger charge is 2.04. The van der Waals surface area contributed by atoms with Crippen molar-refractivity contribution in [2.45, 2.75) is 13.5 Å². The molecule has 5 heteroatoms. The largest absolute Gasteiger partial charge is 0.492 e.